The number of ether oxygens (including phenoxy) is 3. The summed E-state index contributed by atoms with van der Waals surface area (Å²) in [5.74, 6) is 0.912. The molecule has 0 radical (unpaired) electrons. The minimum absolute atomic E-state index is 0.0861. The Morgan fingerprint density at radius 1 is 0.903 bits per heavy atom. The lowest BCUT2D eigenvalue weighted by Gasteiger charge is -2.09. The van der Waals surface area contributed by atoms with Crippen molar-refractivity contribution in [1.82, 2.24) is 15.0 Å². The molecule has 4 aromatic rings. The largest absolute Gasteiger partial charge is 0.494 e. The highest BCUT2D eigenvalue weighted by Gasteiger charge is 2.20. The molecule has 0 N–H and O–H groups in total. The van der Waals surface area contributed by atoms with Crippen LogP contribution in [-0.2, 0) is 4.74 Å². The van der Waals surface area contributed by atoms with Gasteiger partial charge in [-0.1, -0.05) is 19.1 Å². The quantitative estimate of drug-likeness (QED) is 0.276. The van der Waals surface area contributed by atoms with Crippen LogP contribution in [0.3, 0.4) is 0 Å². The van der Waals surface area contributed by atoms with Crippen LogP contribution in [0, 0.1) is 0 Å². The SMILES string of the molecule is CCCOc1ccc(OCCOC(=O)c2nccnc2-c2nc3ccccc3s2)cc1. The van der Waals surface area contributed by atoms with Crippen LogP contribution in [-0.4, -0.2) is 40.7 Å². The lowest BCUT2D eigenvalue weighted by atomic mass is 10.3. The fourth-order valence-corrected chi connectivity index (χ4v) is 3.79. The van der Waals surface area contributed by atoms with E-state index in [0.717, 1.165) is 22.4 Å². The Morgan fingerprint density at radius 3 is 2.35 bits per heavy atom. The van der Waals surface area contributed by atoms with Crippen LogP contribution in [0.4, 0.5) is 0 Å². The number of nitrogens with zero attached hydrogens (tertiary/aromatic N) is 3. The van der Waals surface area contributed by atoms with Gasteiger partial charge in [-0.15, -0.1) is 11.3 Å². The van der Waals surface area contributed by atoms with Crippen LogP contribution in [0.1, 0.15) is 23.8 Å². The van der Waals surface area contributed by atoms with E-state index in [9.17, 15) is 4.79 Å². The number of carbonyl (C=O) groups is 1. The molecule has 0 saturated carbocycles. The molecule has 31 heavy (non-hydrogen) atoms. The van der Waals surface area contributed by atoms with Crippen molar-refractivity contribution in [3.8, 4) is 22.2 Å². The molecule has 0 aliphatic carbocycles. The van der Waals surface area contributed by atoms with E-state index in [1.807, 2.05) is 48.5 Å². The Balaban J connectivity index is 1.35. The van der Waals surface area contributed by atoms with Crippen molar-refractivity contribution < 1.29 is 19.0 Å². The second-order valence-electron chi connectivity index (χ2n) is 6.54. The number of thiazole rings is 1. The predicted molar refractivity (Wildman–Crippen MR) is 119 cm³/mol. The van der Waals surface area contributed by atoms with Gasteiger partial charge in [-0.05, 0) is 42.8 Å². The molecule has 0 aliphatic heterocycles. The minimum Gasteiger partial charge on any atom is -0.494 e. The van der Waals surface area contributed by atoms with Gasteiger partial charge in [0.2, 0.25) is 0 Å². The van der Waals surface area contributed by atoms with Gasteiger partial charge in [0.05, 0.1) is 16.8 Å². The van der Waals surface area contributed by atoms with Crippen molar-refractivity contribution in [2.45, 2.75) is 13.3 Å². The maximum atomic E-state index is 12.6. The number of esters is 1. The third kappa shape index (κ3) is 5.16. The molecule has 0 aliphatic rings. The summed E-state index contributed by atoms with van der Waals surface area (Å²) in [4.78, 5) is 25.6. The summed E-state index contributed by atoms with van der Waals surface area (Å²) in [6.45, 7) is 3.04. The van der Waals surface area contributed by atoms with Gasteiger partial charge < -0.3 is 14.2 Å². The number of hydrogen-bond donors (Lipinski definition) is 0. The van der Waals surface area contributed by atoms with Crippen LogP contribution >= 0.6 is 11.3 Å². The molecular formula is C23H21N3O4S. The standard InChI is InChI=1S/C23H21N3O4S/c1-2-13-28-16-7-9-17(10-8-16)29-14-15-30-23(27)21-20(24-11-12-25-21)22-26-18-5-3-4-6-19(18)31-22/h3-12H,2,13-15H2,1H3. The first kappa shape index (κ1) is 20.7. The normalized spacial score (nSPS) is 10.7. The monoisotopic (exact) mass is 435 g/mol. The molecule has 2 aromatic heterocycles. The van der Waals surface area contributed by atoms with E-state index in [2.05, 4.69) is 21.9 Å². The fraction of sp³-hybridized carbons (Fsp3) is 0.217. The van der Waals surface area contributed by atoms with Crippen molar-refractivity contribution in [1.29, 1.82) is 0 Å². The highest BCUT2D eigenvalue weighted by molar-refractivity contribution is 7.21. The van der Waals surface area contributed by atoms with Crippen LogP contribution in [0.5, 0.6) is 11.5 Å². The van der Waals surface area contributed by atoms with Gasteiger partial charge in [0, 0.05) is 12.4 Å². The molecule has 158 valence electrons. The third-order valence-electron chi connectivity index (χ3n) is 4.27. The summed E-state index contributed by atoms with van der Waals surface area (Å²) >= 11 is 1.46. The van der Waals surface area contributed by atoms with Gasteiger partial charge in [-0.25, -0.2) is 19.7 Å². The number of aromatic nitrogens is 3. The Bertz CT molecular complexity index is 1130. The molecule has 0 unspecified atom stereocenters. The Labute approximate surface area is 183 Å². The van der Waals surface area contributed by atoms with Gasteiger partial charge in [-0.3, -0.25) is 0 Å². The van der Waals surface area contributed by atoms with Crippen LogP contribution < -0.4 is 9.47 Å². The first-order chi connectivity index (χ1) is 15.2. The van der Waals surface area contributed by atoms with E-state index in [0.29, 0.717) is 23.1 Å². The molecule has 2 heterocycles. The molecule has 4 rings (SSSR count). The van der Waals surface area contributed by atoms with Crippen molar-refractivity contribution in [2.24, 2.45) is 0 Å². The van der Waals surface area contributed by atoms with Crippen LogP contribution in [0.25, 0.3) is 20.9 Å². The zero-order valence-electron chi connectivity index (χ0n) is 17.0. The molecule has 0 bridgehead atoms. The van der Waals surface area contributed by atoms with Gasteiger partial charge in [0.15, 0.2) is 5.69 Å². The van der Waals surface area contributed by atoms with Crippen molar-refractivity contribution in [3.63, 3.8) is 0 Å². The smallest absolute Gasteiger partial charge is 0.359 e. The topological polar surface area (TPSA) is 83.4 Å². The maximum Gasteiger partial charge on any atom is 0.359 e. The maximum absolute atomic E-state index is 12.6. The molecule has 0 atom stereocenters. The second kappa shape index (κ2) is 9.99. The summed E-state index contributed by atoms with van der Waals surface area (Å²) in [7, 11) is 0. The van der Waals surface area contributed by atoms with Crippen molar-refractivity contribution in [3.05, 3.63) is 66.6 Å². The number of hydrogen-bond acceptors (Lipinski definition) is 8. The van der Waals surface area contributed by atoms with E-state index < -0.39 is 5.97 Å². The van der Waals surface area contributed by atoms with Gasteiger partial charge in [0.1, 0.15) is 35.4 Å². The number of fused-ring (bicyclic) bond motifs is 1. The lowest BCUT2D eigenvalue weighted by molar-refractivity contribution is 0.0444. The highest BCUT2D eigenvalue weighted by Crippen LogP contribution is 2.30. The lowest BCUT2D eigenvalue weighted by Crippen LogP contribution is -2.15. The van der Waals surface area contributed by atoms with Crippen molar-refractivity contribution >= 4 is 27.5 Å². The van der Waals surface area contributed by atoms with Crippen molar-refractivity contribution in [2.75, 3.05) is 19.8 Å². The summed E-state index contributed by atoms with van der Waals surface area (Å²) in [6.07, 6.45) is 3.96. The molecule has 0 spiro atoms. The predicted octanol–water partition coefficient (Wildman–Crippen LogP) is 4.78. The summed E-state index contributed by atoms with van der Waals surface area (Å²) < 4.78 is 17.5. The van der Waals surface area contributed by atoms with E-state index in [1.54, 1.807) is 0 Å². The number of rotatable bonds is 9. The number of carbonyl (C=O) groups excluding carboxylic acids is 1. The Hall–Kier alpha value is -3.52. The first-order valence-electron chi connectivity index (χ1n) is 9.94. The van der Waals surface area contributed by atoms with Gasteiger partial charge in [-0.2, -0.15) is 0 Å². The van der Waals surface area contributed by atoms with E-state index in [1.165, 1.54) is 23.7 Å². The molecule has 2 aromatic carbocycles. The van der Waals surface area contributed by atoms with Gasteiger partial charge in [0.25, 0.3) is 0 Å². The zero-order valence-corrected chi connectivity index (χ0v) is 17.8. The summed E-state index contributed by atoms with van der Waals surface area (Å²) in [5.41, 5.74) is 1.41. The van der Waals surface area contributed by atoms with E-state index in [-0.39, 0.29) is 18.9 Å². The third-order valence-corrected chi connectivity index (χ3v) is 5.31. The highest BCUT2D eigenvalue weighted by atomic mass is 32.1. The van der Waals surface area contributed by atoms with Crippen LogP contribution in [0.15, 0.2) is 60.9 Å². The Morgan fingerprint density at radius 2 is 1.61 bits per heavy atom. The Kier molecular flexibility index (Phi) is 6.68. The van der Waals surface area contributed by atoms with Gasteiger partial charge >= 0.3 is 5.97 Å². The molecule has 0 fully saturated rings. The zero-order chi connectivity index (χ0) is 21.5. The molecule has 8 heteroatoms. The second-order valence-corrected chi connectivity index (χ2v) is 7.58. The molecule has 0 saturated heterocycles. The summed E-state index contributed by atoms with van der Waals surface area (Å²) in [6, 6.07) is 15.1. The van der Waals surface area contributed by atoms with E-state index >= 15 is 0 Å². The fourth-order valence-electron chi connectivity index (χ4n) is 2.83. The van der Waals surface area contributed by atoms with E-state index in [4.69, 9.17) is 14.2 Å². The number of para-hydroxylation sites is 1. The van der Waals surface area contributed by atoms with Crippen LogP contribution in [0.2, 0.25) is 0 Å². The summed E-state index contributed by atoms with van der Waals surface area (Å²) in [5, 5.41) is 0.628. The molecule has 7 nitrogen and oxygen atoms in total. The molecular weight excluding hydrogens is 414 g/mol. The minimum atomic E-state index is -0.561. The molecule has 0 amide bonds. The first-order valence-corrected chi connectivity index (χ1v) is 10.8. The average Bonchev–Trinajstić information content (AvgIpc) is 3.25. The average molecular weight is 436 g/mol. The number of benzene rings is 2.